The van der Waals surface area contributed by atoms with E-state index in [9.17, 15) is 4.79 Å². The zero-order valence-corrected chi connectivity index (χ0v) is 17.9. The van der Waals surface area contributed by atoms with Crippen molar-refractivity contribution >= 4 is 18.1 Å². The van der Waals surface area contributed by atoms with Crippen molar-refractivity contribution in [2.24, 2.45) is 0 Å². The van der Waals surface area contributed by atoms with E-state index in [2.05, 4.69) is 15.5 Å². The molecule has 1 aliphatic carbocycles. The molecule has 1 amide bonds. The summed E-state index contributed by atoms with van der Waals surface area (Å²) in [4.78, 5) is 12.7. The van der Waals surface area contributed by atoms with Gasteiger partial charge in [0.15, 0.2) is 10.6 Å². The Morgan fingerprint density at radius 2 is 2.03 bits per heavy atom. The second-order valence-electron chi connectivity index (χ2n) is 7.72. The normalized spacial score (nSPS) is 14.0. The first-order chi connectivity index (χ1) is 14.6. The van der Waals surface area contributed by atoms with E-state index in [1.807, 2.05) is 55.5 Å². The molecular weight excluding hydrogens is 396 g/mol. The molecule has 1 saturated carbocycles. The van der Waals surface area contributed by atoms with Crippen LogP contribution in [0.3, 0.4) is 0 Å². The van der Waals surface area contributed by atoms with Crippen LogP contribution < -0.4 is 10.1 Å². The van der Waals surface area contributed by atoms with Crippen LogP contribution in [0, 0.1) is 11.7 Å². The van der Waals surface area contributed by atoms with Crippen LogP contribution in [0.1, 0.15) is 36.8 Å². The Hall–Kier alpha value is -2.93. The van der Waals surface area contributed by atoms with Crippen molar-refractivity contribution < 1.29 is 9.53 Å². The number of H-pyrrole nitrogens is 1. The lowest BCUT2D eigenvalue weighted by molar-refractivity contribution is -0.121. The van der Waals surface area contributed by atoms with E-state index in [4.69, 9.17) is 17.0 Å². The van der Waals surface area contributed by atoms with Crippen molar-refractivity contribution in [3.8, 4) is 17.1 Å². The first-order valence-corrected chi connectivity index (χ1v) is 10.7. The van der Waals surface area contributed by atoms with E-state index in [1.165, 1.54) is 12.8 Å². The molecule has 1 heterocycles. The lowest BCUT2D eigenvalue weighted by Gasteiger charge is -2.17. The quantitative estimate of drug-likeness (QED) is 0.548. The Kier molecular flexibility index (Phi) is 6.28. The molecule has 156 valence electrons. The zero-order chi connectivity index (χ0) is 20.9. The fraction of sp³-hybridized carbons (Fsp3) is 0.348. The summed E-state index contributed by atoms with van der Waals surface area (Å²) < 4.78 is 8.31. The number of rotatable bonds is 7. The Bertz CT molecular complexity index is 1080. The van der Waals surface area contributed by atoms with Crippen molar-refractivity contribution in [3.05, 3.63) is 64.4 Å². The van der Waals surface area contributed by atoms with Crippen LogP contribution in [-0.2, 0) is 17.9 Å². The molecule has 2 aromatic carbocycles. The summed E-state index contributed by atoms with van der Waals surface area (Å²) in [5.41, 5.74) is 3.02. The van der Waals surface area contributed by atoms with Gasteiger partial charge in [-0.1, -0.05) is 42.0 Å². The van der Waals surface area contributed by atoms with Gasteiger partial charge in [-0.25, -0.2) is 0 Å². The highest BCUT2D eigenvalue weighted by Crippen LogP contribution is 2.26. The molecule has 0 unspecified atom stereocenters. The molecule has 1 fully saturated rings. The molecule has 30 heavy (non-hydrogen) atoms. The van der Waals surface area contributed by atoms with Crippen LogP contribution >= 0.6 is 12.2 Å². The van der Waals surface area contributed by atoms with Crippen molar-refractivity contribution in [1.29, 1.82) is 0 Å². The van der Waals surface area contributed by atoms with Gasteiger partial charge in [-0.05, 0) is 57.0 Å². The summed E-state index contributed by atoms with van der Waals surface area (Å²) in [6.45, 7) is 2.53. The Morgan fingerprint density at radius 3 is 2.83 bits per heavy atom. The van der Waals surface area contributed by atoms with Gasteiger partial charge in [-0.2, -0.15) is 5.10 Å². The number of hydrogen-bond acceptors (Lipinski definition) is 4. The second-order valence-corrected chi connectivity index (χ2v) is 8.10. The predicted octanol–water partition coefficient (Wildman–Crippen LogP) is 4.55. The molecule has 4 rings (SSSR count). The number of nitrogens with zero attached hydrogens (tertiary/aromatic N) is 2. The lowest BCUT2D eigenvalue weighted by Crippen LogP contribution is -2.28. The summed E-state index contributed by atoms with van der Waals surface area (Å²) >= 11 is 5.35. The molecule has 0 saturated heterocycles. The van der Waals surface area contributed by atoms with E-state index < -0.39 is 0 Å². The molecule has 0 radical (unpaired) electrons. The maximum Gasteiger partial charge on any atom is 0.240 e. The SMILES string of the molecule is Cc1cccc(-c2n[nH]c(=S)n2CC(=O)NCc2ccccc2OC2CCCC2)c1. The highest BCUT2D eigenvalue weighted by Gasteiger charge is 2.18. The number of aromatic amines is 1. The van der Waals surface area contributed by atoms with Crippen molar-refractivity contribution in [3.63, 3.8) is 0 Å². The molecule has 2 N–H and O–H groups in total. The van der Waals surface area contributed by atoms with Crippen molar-refractivity contribution in [2.45, 2.75) is 51.8 Å². The fourth-order valence-corrected chi connectivity index (χ4v) is 4.01. The molecule has 0 atom stereocenters. The first-order valence-electron chi connectivity index (χ1n) is 10.3. The first kappa shape index (κ1) is 20.3. The standard InChI is InChI=1S/C23H26N4O2S/c1-16-7-6-9-17(13-16)22-25-26-23(30)27(22)15-21(28)24-14-18-8-2-5-12-20(18)29-19-10-3-4-11-19/h2,5-9,12-13,19H,3-4,10-11,14-15H2,1H3,(H,24,28)(H,26,30). The van der Waals surface area contributed by atoms with Gasteiger partial charge in [0.2, 0.25) is 5.91 Å². The number of benzene rings is 2. The number of aryl methyl sites for hydroxylation is 1. The van der Waals surface area contributed by atoms with Gasteiger partial charge < -0.3 is 10.1 Å². The molecule has 0 spiro atoms. The number of ether oxygens (including phenoxy) is 1. The van der Waals surface area contributed by atoms with Gasteiger partial charge in [-0.3, -0.25) is 14.5 Å². The largest absolute Gasteiger partial charge is 0.490 e. The second kappa shape index (κ2) is 9.26. The van der Waals surface area contributed by atoms with Crippen molar-refractivity contribution in [2.75, 3.05) is 0 Å². The molecular formula is C23H26N4O2S. The third-order valence-corrected chi connectivity index (χ3v) is 5.69. The number of para-hydroxylation sites is 1. The van der Waals surface area contributed by atoms with Crippen LogP contribution in [0.5, 0.6) is 5.75 Å². The maximum atomic E-state index is 12.7. The lowest BCUT2D eigenvalue weighted by atomic mass is 10.1. The molecule has 1 aliphatic rings. The molecule has 0 aliphatic heterocycles. The summed E-state index contributed by atoms with van der Waals surface area (Å²) in [5.74, 6) is 1.38. The molecule has 1 aromatic heterocycles. The molecule has 3 aromatic rings. The Balaban J connectivity index is 1.43. The van der Waals surface area contributed by atoms with Gasteiger partial charge in [0.25, 0.3) is 0 Å². The van der Waals surface area contributed by atoms with Gasteiger partial charge in [0.05, 0.1) is 6.10 Å². The molecule has 6 nitrogen and oxygen atoms in total. The summed E-state index contributed by atoms with van der Waals surface area (Å²) in [7, 11) is 0. The summed E-state index contributed by atoms with van der Waals surface area (Å²) in [6, 6.07) is 15.9. The predicted molar refractivity (Wildman–Crippen MR) is 119 cm³/mol. The summed E-state index contributed by atoms with van der Waals surface area (Å²) in [5, 5.41) is 10.1. The number of nitrogens with one attached hydrogen (secondary N) is 2. The average molecular weight is 423 g/mol. The van der Waals surface area contributed by atoms with E-state index in [0.29, 0.717) is 17.1 Å². The van der Waals surface area contributed by atoms with Crippen molar-refractivity contribution in [1.82, 2.24) is 20.1 Å². The minimum absolute atomic E-state index is 0.101. The van der Waals surface area contributed by atoms with Crippen LogP contribution in [-0.4, -0.2) is 26.8 Å². The number of carbonyl (C=O) groups excluding carboxylic acids is 1. The van der Waals surface area contributed by atoms with Crippen LogP contribution in [0.4, 0.5) is 0 Å². The maximum absolute atomic E-state index is 12.7. The Labute approximate surface area is 181 Å². The van der Waals surface area contributed by atoms with E-state index in [-0.39, 0.29) is 18.6 Å². The smallest absolute Gasteiger partial charge is 0.240 e. The van der Waals surface area contributed by atoms with Gasteiger partial charge >= 0.3 is 0 Å². The summed E-state index contributed by atoms with van der Waals surface area (Å²) in [6.07, 6.45) is 4.92. The van der Waals surface area contributed by atoms with Crippen LogP contribution in [0.15, 0.2) is 48.5 Å². The fourth-order valence-electron chi connectivity index (χ4n) is 3.81. The Morgan fingerprint density at radius 1 is 1.23 bits per heavy atom. The third kappa shape index (κ3) is 4.79. The van der Waals surface area contributed by atoms with Gasteiger partial charge in [0, 0.05) is 17.7 Å². The van der Waals surface area contributed by atoms with Crippen LogP contribution in [0.25, 0.3) is 11.4 Å². The minimum Gasteiger partial charge on any atom is -0.490 e. The minimum atomic E-state index is -0.128. The topological polar surface area (TPSA) is 71.9 Å². The third-order valence-electron chi connectivity index (χ3n) is 5.38. The zero-order valence-electron chi connectivity index (χ0n) is 17.1. The molecule has 0 bridgehead atoms. The van der Waals surface area contributed by atoms with Gasteiger partial charge in [0.1, 0.15) is 12.3 Å². The van der Waals surface area contributed by atoms with E-state index in [1.54, 1.807) is 4.57 Å². The highest BCUT2D eigenvalue weighted by molar-refractivity contribution is 7.71. The molecule has 7 heteroatoms. The average Bonchev–Trinajstić information content (AvgIpc) is 3.38. The van der Waals surface area contributed by atoms with Gasteiger partial charge in [-0.15, -0.1) is 0 Å². The van der Waals surface area contributed by atoms with E-state index >= 15 is 0 Å². The highest BCUT2D eigenvalue weighted by atomic mass is 32.1. The number of amides is 1. The van der Waals surface area contributed by atoms with E-state index in [0.717, 1.165) is 35.3 Å². The van der Waals surface area contributed by atoms with Crippen LogP contribution in [0.2, 0.25) is 0 Å². The number of aromatic nitrogens is 3. The number of hydrogen-bond donors (Lipinski definition) is 2. The monoisotopic (exact) mass is 422 g/mol. The number of carbonyl (C=O) groups is 1.